The molecule has 1 unspecified atom stereocenters. The zero-order valence-electron chi connectivity index (χ0n) is 13.0. The zero-order chi connectivity index (χ0) is 16.5. The van der Waals surface area contributed by atoms with Crippen LogP contribution in [0.25, 0.3) is 0 Å². The second kappa shape index (κ2) is 8.87. The van der Waals surface area contributed by atoms with Gasteiger partial charge in [0.15, 0.2) is 0 Å². The van der Waals surface area contributed by atoms with Crippen molar-refractivity contribution >= 4 is 11.9 Å². The number of hydrogen-bond donors (Lipinski definition) is 2. The smallest absolute Gasteiger partial charge is 0.308 e. The van der Waals surface area contributed by atoms with Crippen LogP contribution in [0.15, 0.2) is 36.9 Å². The van der Waals surface area contributed by atoms with Crippen LogP contribution in [0.3, 0.4) is 0 Å². The summed E-state index contributed by atoms with van der Waals surface area (Å²) >= 11 is 0. The Morgan fingerprint density at radius 2 is 1.95 bits per heavy atom. The molecule has 0 radical (unpaired) electrons. The van der Waals surface area contributed by atoms with Gasteiger partial charge in [-0.25, -0.2) is 0 Å². The fourth-order valence-corrected chi connectivity index (χ4v) is 2.02. The van der Waals surface area contributed by atoms with Gasteiger partial charge in [0.2, 0.25) is 0 Å². The number of carbonyl (C=O) groups is 2. The zero-order valence-corrected chi connectivity index (χ0v) is 13.0. The summed E-state index contributed by atoms with van der Waals surface area (Å²) in [5.74, 6) is -0.828. The van der Waals surface area contributed by atoms with E-state index in [0.29, 0.717) is 24.3 Å². The Balaban J connectivity index is 2.56. The van der Waals surface area contributed by atoms with Crippen LogP contribution >= 0.6 is 0 Å². The topological polar surface area (TPSA) is 75.6 Å². The lowest BCUT2D eigenvalue weighted by Gasteiger charge is -2.15. The fraction of sp³-hybridized carbons (Fsp3) is 0.412. The van der Waals surface area contributed by atoms with Crippen molar-refractivity contribution in [2.45, 2.75) is 20.3 Å². The minimum Gasteiger partial charge on any atom is -0.490 e. The summed E-state index contributed by atoms with van der Waals surface area (Å²) in [6.45, 7) is 8.01. The SMILES string of the molecule is C=CCOc1ccc(C(=O)NCC(CC(C)C)C(=O)O)cc1. The minimum absolute atomic E-state index is 0.126. The molecule has 1 aromatic carbocycles. The number of amides is 1. The van der Waals surface area contributed by atoms with Crippen molar-refractivity contribution in [3.63, 3.8) is 0 Å². The normalized spacial score (nSPS) is 11.8. The van der Waals surface area contributed by atoms with Crippen molar-refractivity contribution in [1.82, 2.24) is 5.32 Å². The van der Waals surface area contributed by atoms with Crippen molar-refractivity contribution in [2.24, 2.45) is 11.8 Å². The molecule has 0 saturated heterocycles. The van der Waals surface area contributed by atoms with Gasteiger partial charge in [-0.1, -0.05) is 26.5 Å². The Morgan fingerprint density at radius 3 is 2.45 bits per heavy atom. The summed E-state index contributed by atoms with van der Waals surface area (Å²) < 4.78 is 5.34. The molecule has 0 spiro atoms. The average molecular weight is 305 g/mol. The minimum atomic E-state index is -0.887. The highest BCUT2D eigenvalue weighted by molar-refractivity contribution is 5.94. The summed E-state index contributed by atoms with van der Waals surface area (Å²) in [4.78, 5) is 23.2. The summed E-state index contributed by atoms with van der Waals surface area (Å²) in [6.07, 6.45) is 2.17. The molecule has 1 atom stereocenters. The molecule has 120 valence electrons. The first-order valence-electron chi connectivity index (χ1n) is 7.28. The number of rotatable bonds is 9. The standard InChI is InChI=1S/C17H23NO4/c1-4-9-22-15-7-5-13(6-8-15)16(19)18-11-14(17(20)21)10-12(2)3/h4-8,12,14H,1,9-11H2,2-3H3,(H,18,19)(H,20,21). The number of ether oxygens (including phenoxy) is 1. The first-order chi connectivity index (χ1) is 10.4. The van der Waals surface area contributed by atoms with E-state index in [9.17, 15) is 9.59 Å². The second-order valence-electron chi connectivity index (χ2n) is 5.50. The lowest BCUT2D eigenvalue weighted by Crippen LogP contribution is -2.33. The number of carbonyl (C=O) groups excluding carboxylic acids is 1. The van der Waals surface area contributed by atoms with Gasteiger partial charge < -0.3 is 15.2 Å². The molecule has 1 amide bonds. The van der Waals surface area contributed by atoms with E-state index in [2.05, 4.69) is 11.9 Å². The molecule has 0 heterocycles. The Kier molecular flexibility index (Phi) is 7.16. The number of hydrogen-bond acceptors (Lipinski definition) is 3. The van der Waals surface area contributed by atoms with Gasteiger partial charge in [0, 0.05) is 12.1 Å². The number of carboxylic acid groups (broad SMARTS) is 1. The molecule has 1 aromatic rings. The molecule has 0 aromatic heterocycles. The maximum Gasteiger partial charge on any atom is 0.308 e. The van der Waals surface area contributed by atoms with Gasteiger partial charge in [0.05, 0.1) is 5.92 Å². The van der Waals surface area contributed by atoms with Crippen molar-refractivity contribution in [3.8, 4) is 5.75 Å². The molecule has 0 saturated carbocycles. The van der Waals surface area contributed by atoms with E-state index in [1.165, 1.54) is 0 Å². The van der Waals surface area contributed by atoms with Crippen LogP contribution in [0, 0.1) is 11.8 Å². The van der Waals surface area contributed by atoms with Gasteiger partial charge in [-0.05, 0) is 36.6 Å². The first-order valence-corrected chi connectivity index (χ1v) is 7.28. The van der Waals surface area contributed by atoms with Crippen LogP contribution in [0.2, 0.25) is 0 Å². The Labute approximate surface area is 131 Å². The van der Waals surface area contributed by atoms with Crippen LogP contribution in [0.5, 0.6) is 5.75 Å². The Hall–Kier alpha value is -2.30. The number of aliphatic carboxylic acids is 1. The van der Waals surface area contributed by atoms with Crippen LogP contribution in [0.4, 0.5) is 0 Å². The van der Waals surface area contributed by atoms with Crippen molar-refractivity contribution in [1.29, 1.82) is 0 Å². The van der Waals surface area contributed by atoms with E-state index in [1.807, 2.05) is 13.8 Å². The van der Waals surface area contributed by atoms with E-state index < -0.39 is 11.9 Å². The lowest BCUT2D eigenvalue weighted by atomic mass is 9.97. The number of nitrogens with one attached hydrogen (secondary N) is 1. The third kappa shape index (κ3) is 5.99. The Morgan fingerprint density at radius 1 is 1.32 bits per heavy atom. The summed E-state index contributed by atoms with van der Waals surface area (Å²) in [7, 11) is 0. The molecular formula is C17H23NO4. The van der Waals surface area contributed by atoms with E-state index in [1.54, 1.807) is 30.3 Å². The third-order valence-electron chi connectivity index (χ3n) is 3.10. The molecule has 5 nitrogen and oxygen atoms in total. The van der Waals surface area contributed by atoms with Crippen LogP contribution in [0.1, 0.15) is 30.6 Å². The molecule has 0 aliphatic rings. The summed E-state index contributed by atoms with van der Waals surface area (Å²) in [6, 6.07) is 6.68. The highest BCUT2D eigenvalue weighted by atomic mass is 16.5. The highest BCUT2D eigenvalue weighted by Crippen LogP contribution is 2.13. The van der Waals surface area contributed by atoms with Gasteiger partial charge in [0.25, 0.3) is 5.91 Å². The third-order valence-corrected chi connectivity index (χ3v) is 3.10. The Bertz CT molecular complexity index is 508. The second-order valence-corrected chi connectivity index (χ2v) is 5.50. The van der Waals surface area contributed by atoms with Crippen LogP contribution in [-0.2, 0) is 4.79 Å². The average Bonchev–Trinajstić information content (AvgIpc) is 2.49. The molecule has 22 heavy (non-hydrogen) atoms. The molecule has 1 rings (SSSR count). The molecular weight excluding hydrogens is 282 g/mol. The summed E-state index contributed by atoms with van der Waals surface area (Å²) in [5.41, 5.74) is 0.472. The fourth-order valence-electron chi connectivity index (χ4n) is 2.02. The van der Waals surface area contributed by atoms with E-state index in [-0.39, 0.29) is 18.4 Å². The van der Waals surface area contributed by atoms with Gasteiger partial charge in [-0.15, -0.1) is 0 Å². The quantitative estimate of drug-likeness (QED) is 0.688. The van der Waals surface area contributed by atoms with Crippen molar-refractivity contribution in [2.75, 3.05) is 13.2 Å². The largest absolute Gasteiger partial charge is 0.490 e. The highest BCUT2D eigenvalue weighted by Gasteiger charge is 2.19. The van der Waals surface area contributed by atoms with Gasteiger partial charge in [-0.3, -0.25) is 9.59 Å². The van der Waals surface area contributed by atoms with Gasteiger partial charge in [0.1, 0.15) is 12.4 Å². The van der Waals surface area contributed by atoms with Gasteiger partial charge in [-0.2, -0.15) is 0 Å². The number of benzene rings is 1. The van der Waals surface area contributed by atoms with E-state index in [0.717, 1.165) is 0 Å². The monoisotopic (exact) mass is 305 g/mol. The molecule has 0 aliphatic carbocycles. The number of carboxylic acids is 1. The van der Waals surface area contributed by atoms with Crippen LogP contribution < -0.4 is 10.1 Å². The summed E-state index contributed by atoms with van der Waals surface area (Å²) in [5, 5.41) is 11.8. The molecule has 0 fully saturated rings. The molecule has 2 N–H and O–H groups in total. The maximum atomic E-state index is 12.0. The predicted molar refractivity (Wildman–Crippen MR) is 85.0 cm³/mol. The van der Waals surface area contributed by atoms with Crippen molar-refractivity contribution in [3.05, 3.63) is 42.5 Å². The molecule has 0 aliphatic heterocycles. The van der Waals surface area contributed by atoms with E-state index >= 15 is 0 Å². The lowest BCUT2D eigenvalue weighted by molar-refractivity contribution is -0.142. The molecule has 0 bridgehead atoms. The van der Waals surface area contributed by atoms with Crippen molar-refractivity contribution < 1.29 is 19.4 Å². The van der Waals surface area contributed by atoms with Crippen LogP contribution in [-0.4, -0.2) is 30.1 Å². The first kappa shape index (κ1) is 17.8. The van der Waals surface area contributed by atoms with E-state index in [4.69, 9.17) is 9.84 Å². The maximum absolute atomic E-state index is 12.0. The van der Waals surface area contributed by atoms with Gasteiger partial charge >= 0.3 is 5.97 Å². The predicted octanol–water partition coefficient (Wildman–Crippen LogP) is 2.73. The molecule has 5 heteroatoms.